The lowest BCUT2D eigenvalue weighted by Crippen LogP contribution is -2.41. The molecule has 0 radical (unpaired) electrons. The van der Waals surface area contributed by atoms with Crippen LogP contribution < -0.4 is 0 Å². The van der Waals surface area contributed by atoms with Gasteiger partial charge in [-0.05, 0) is 50.0 Å². The topological polar surface area (TPSA) is 23.5 Å². The van der Waals surface area contributed by atoms with Crippen LogP contribution >= 0.6 is 0 Å². The molecule has 0 amide bonds. The summed E-state index contributed by atoms with van der Waals surface area (Å²) in [6, 6.07) is 0.767. The third-order valence-electron chi connectivity index (χ3n) is 5.35. The fourth-order valence-corrected chi connectivity index (χ4v) is 3.93. The predicted molar refractivity (Wildman–Crippen MR) is 76.6 cm³/mol. The SMILES string of the molecule is CCC1CCCCCN1CC1CCC(C)(C)C1O. The highest BCUT2D eigenvalue weighted by molar-refractivity contribution is 4.93. The van der Waals surface area contributed by atoms with Crippen LogP contribution in [-0.4, -0.2) is 35.2 Å². The largest absolute Gasteiger partial charge is 0.392 e. The van der Waals surface area contributed by atoms with E-state index in [9.17, 15) is 5.11 Å². The summed E-state index contributed by atoms with van der Waals surface area (Å²) in [5, 5.41) is 10.4. The Morgan fingerprint density at radius 2 is 1.94 bits per heavy atom. The lowest BCUT2D eigenvalue weighted by Gasteiger charge is -2.34. The summed E-state index contributed by atoms with van der Waals surface area (Å²) in [6.45, 7) is 9.14. The molecule has 2 aliphatic rings. The fourth-order valence-electron chi connectivity index (χ4n) is 3.93. The number of hydrogen-bond acceptors (Lipinski definition) is 2. The van der Waals surface area contributed by atoms with Gasteiger partial charge in [0.05, 0.1) is 6.10 Å². The van der Waals surface area contributed by atoms with Crippen LogP contribution in [0.15, 0.2) is 0 Å². The average molecular weight is 253 g/mol. The summed E-state index contributed by atoms with van der Waals surface area (Å²) >= 11 is 0. The molecule has 0 aromatic carbocycles. The van der Waals surface area contributed by atoms with Gasteiger partial charge >= 0.3 is 0 Å². The second-order valence-corrected chi connectivity index (χ2v) is 7.14. The zero-order valence-corrected chi connectivity index (χ0v) is 12.5. The zero-order valence-electron chi connectivity index (χ0n) is 12.5. The summed E-state index contributed by atoms with van der Waals surface area (Å²) in [5.41, 5.74) is 0.137. The van der Waals surface area contributed by atoms with E-state index in [4.69, 9.17) is 0 Å². The first-order chi connectivity index (χ1) is 8.54. The van der Waals surface area contributed by atoms with E-state index >= 15 is 0 Å². The minimum atomic E-state index is -0.0988. The molecule has 3 unspecified atom stereocenters. The van der Waals surface area contributed by atoms with Gasteiger partial charge in [-0.25, -0.2) is 0 Å². The van der Waals surface area contributed by atoms with E-state index in [-0.39, 0.29) is 11.5 Å². The van der Waals surface area contributed by atoms with Gasteiger partial charge in [-0.3, -0.25) is 0 Å². The van der Waals surface area contributed by atoms with Gasteiger partial charge in [0.2, 0.25) is 0 Å². The third kappa shape index (κ3) is 3.08. The number of rotatable bonds is 3. The first kappa shape index (κ1) is 14.3. The molecule has 1 aliphatic carbocycles. The Morgan fingerprint density at radius 3 is 2.56 bits per heavy atom. The monoisotopic (exact) mass is 253 g/mol. The molecule has 2 rings (SSSR count). The molecule has 0 aromatic heterocycles. The highest BCUT2D eigenvalue weighted by Crippen LogP contribution is 2.42. The van der Waals surface area contributed by atoms with Crippen molar-refractivity contribution in [3.05, 3.63) is 0 Å². The van der Waals surface area contributed by atoms with Crippen LogP contribution in [0.25, 0.3) is 0 Å². The molecule has 18 heavy (non-hydrogen) atoms. The molecular formula is C16H31NO. The molecule has 1 heterocycles. The van der Waals surface area contributed by atoms with Gasteiger partial charge in [0.25, 0.3) is 0 Å². The van der Waals surface area contributed by atoms with E-state index in [0.717, 1.165) is 12.6 Å². The quantitative estimate of drug-likeness (QED) is 0.833. The van der Waals surface area contributed by atoms with E-state index < -0.39 is 0 Å². The van der Waals surface area contributed by atoms with E-state index in [1.54, 1.807) is 0 Å². The van der Waals surface area contributed by atoms with Gasteiger partial charge < -0.3 is 10.0 Å². The fraction of sp³-hybridized carbons (Fsp3) is 1.00. The second-order valence-electron chi connectivity index (χ2n) is 7.14. The second kappa shape index (κ2) is 5.92. The van der Waals surface area contributed by atoms with Gasteiger partial charge in [0.1, 0.15) is 0 Å². The molecule has 0 bridgehead atoms. The van der Waals surface area contributed by atoms with Crippen LogP contribution in [0.5, 0.6) is 0 Å². The Bertz CT molecular complexity index is 264. The number of hydrogen-bond donors (Lipinski definition) is 1. The van der Waals surface area contributed by atoms with Crippen molar-refractivity contribution in [2.75, 3.05) is 13.1 Å². The Labute approximate surface area is 113 Å². The molecule has 2 heteroatoms. The zero-order chi connectivity index (χ0) is 13.2. The van der Waals surface area contributed by atoms with Gasteiger partial charge in [0, 0.05) is 12.6 Å². The Morgan fingerprint density at radius 1 is 1.17 bits per heavy atom. The smallest absolute Gasteiger partial charge is 0.0631 e. The Kier molecular flexibility index (Phi) is 4.71. The summed E-state index contributed by atoms with van der Waals surface area (Å²) in [5.74, 6) is 0.507. The molecule has 1 saturated carbocycles. The molecule has 3 atom stereocenters. The lowest BCUT2D eigenvalue weighted by atomic mass is 9.87. The molecule has 0 spiro atoms. The van der Waals surface area contributed by atoms with Crippen molar-refractivity contribution < 1.29 is 5.11 Å². The summed E-state index contributed by atoms with van der Waals surface area (Å²) in [7, 11) is 0. The van der Waals surface area contributed by atoms with E-state index in [1.165, 1.54) is 51.5 Å². The maximum atomic E-state index is 10.4. The van der Waals surface area contributed by atoms with Crippen molar-refractivity contribution in [1.29, 1.82) is 0 Å². The van der Waals surface area contributed by atoms with Crippen molar-refractivity contribution in [3.63, 3.8) is 0 Å². The van der Waals surface area contributed by atoms with Crippen molar-refractivity contribution in [2.24, 2.45) is 11.3 Å². The van der Waals surface area contributed by atoms with Crippen LogP contribution in [0.2, 0.25) is 0 Å². The highest BCUT2D eigenvalue weighted by Gasteiger charge is 2.41. The van der Waals surface area contributed by atoms with Crippen LogP contribution in [0, 0.1) is 11.3 Å². The summed E-state index contributed by atoms with van der Waals surface area (Å²) in [6.07, 6.45) is 9.07. The van der Waals surface area contributed by atoms with Crippen molar-refractivity contribution in [2.45, 2.75) is 77.9 Å². The number of nitrogens with zero attached hydrogens (tertiary/aromatic N) is 1. The molecule has 1 N–H and O–H groups in total. The minimum absolute atomic E-state index is 0.0988. The summed E-state index contributed by atoms with van der Waals surface area (Å²) in [4.78, 5) is 2.68. The van der Waals surface area contributed by atoms with Crippen molar-refractivity contribution in [1.82, 2.24) is 4.90 Å². The van der Waals surface area contributed by atoms with Crippen LogP contribution in [0.1, 0.15) is 65.7 Å². The third-order valence-corrected chi connectivity index (χ3v) is 5.35. The number of aliphatic hydroxyl groups excluding tert-OH is 1. The van der Waals surface area contributed by atoms with Gasteiger partial charge in [-0.1, -0.05) is 33.6 Å². The molecular weight excluding hydrogens is 222 g/mol. The molecule has 2 fully saturated rings. The van der Waals surface area contributed by atoms with E-state index in [1.807, 2.05) is 0 Å². The number of aliphatic hydroxyl groups is 1. The maximum Gasteiger partial charge on any atom is 0.0631 e. The average Bonchev–Trinajstić information content (AvgIpc) is 2.55. The lowest BCUT2D eigenvalue weighted by molar-refractivity contribution is 0.0262. The van der Waals surface area contributed by atoms with Gasteiger partial charge in [-0.2, -0.15) is 0 Å². The highest BCUT2D eigenvalue weighted by atomic mass is 16.3. The van der Waals surface area contributed by atoms with Crippen molar-refractivity contribution in [3.8, 4) is 0 Å². The van der Waals surface area contributed by atoms with E-state index in [2.05, 4.69) is 25.7 Å². The van der Waals surface area contributed by atoms with Gasteiger partial charge in [0.15, 0.2) is 0 Å². The van der Waals surface area contributed by atoms with Gasteiger partial charge in [-0.15, -0.1) is 0 Å². The first-order valence-electron chi connectivity index (χ1n) is 7.96. The molecule has 2 nitrogen and oxygen atoms in total. The molecule has 1 aliphatic heterocycles. The Balaban J connectivity index is 1.95. The van der Waals surface area contributed by atoms with Crippen LogP contribution in [0.3, 0.4) is 0 Å². The molecule has 0 aromatic rings. The minimum Gasteiger partial charge on any atom is -0.392 e. The predicted octanol–water partition coefficient (Wildman–Crippen LogP) is 3.44. The molecule has 106 valence electrons. The first-order valence-corrected chi connectivity index (χ1v) is 7.96. The number of likely N-dealkylation sites (tertiary alicyclic amines) is 1. The summed E-state index contributed by atoms with van der Waals surface area (Å²) < 4.78 is 0. The van der Waals surface area contributed by atoms with Crippen LogP contribution in [-0.2, 0) is 0 Å². The molecule has 1 saturated heterocycles. The maximum absolute atomic E-state index is 10.4. The van der Waals surface area contributed by atoms with Crippen molar-refractivity contribution >= 4 is 0 Å². The normalized spacial score (nSPS) is 37.7. The standard InChI is InChI=1S/C16H31NO/c1-4-14-8-6-5-7-11-17(14)12-13-9-10-16(2,3)15(13)18/h13-15,18H,4-12H2,1-3H3. The van der Waals surface area contributed by atoms with Crippen LogP contribution in [0.4, 0.5) is 0 Å². The van der Waals surface area contributed by atoms with E-state index in [0.29, 0.717) is 5.92 Å². The Hall–Kier alpha value is -0.0800.